The molecule has 6 N–H and O–H groups in total. The summed E-state index contributed by atoms with van der Waals surface area (Å²) in [5, 5.41) is 5.56. The summed E-state index contributed by atoms with van der Waals surface area (Å²) >= 11 is 0. The number of aliphatic imine (C=N–C) groups is 1. The van der Waals surface area contributed by atoms with Gasteiger partial charge in [-0.25, -0.2) is 9.78 Å². The second-order valence-electron chi connectivity index (χ2n) is 7.36. The second-order valence-corrected chi connectivity index (χ2v) is 7.36. The first-order valence-corrected chi connectivity index (χ1v) is 9.70. The molecule has 8 heteroatoms. The van der Waals surface area contributed by atoms with Gasteiger partial charge >= 0.3 is 6.03 Å². The van der Waals surface area contributed by atoms with Crippen LogP contribution in [-0.4, -0.2) is 35.1 Å². The van der Waals surface area contributed by atoms with Crippen LogP contribution in [0.25, 0.3) is 0 Å². The predicted octanol–water partition coefficient (Wildman–Crippen LogP) is 2.82. The lowest BCUT2D eigenvalue weighted by Gasteiger charge is -2.15. The van der Waals surface area contributed by atoms with Gasteiger partial charge in [-0.3, -0.25) is 10.3 Å². The van der Waals surface area contributed by atoms with Crippen LogP contribution in [0, 0.1) is 0 Å². The Balaban J connectivity index is 1.64. The minimum atomic E-state index is -0.367. The smallest absolute Gasteiger partial charge is 0.320 e. The van der Waals surface area contributed by atoms with Gasteiger partial charge in [0.15, 0.2) is 0 Å². The van der Waals surface area contributed by atoms with Gasteiger partial charge in [0.05, 0.1) is 29.9 Å². The van der Waals surface area contributed by atoms with Crippen molar-refractivity contribution in [2.75, 3.05) is 11.1 Å². The number of amides is 2. The summed E-state index contributed by atoms with van der Waals surface area (Å²) in [6.45, 7) is 5.91. The quantitative estimate of drug-likeness (QED) is 0.456. The number of carbonyl (C=O) groups is 1. The molecule has 0 bridgehead atoms. The van der Waals surface area contributed by atoms with Crippen molar-refractivity contribution >= 4 is 23.4 Å². The molecule has 1 aliphatic rings. The first-order valence-electron chi connectivity index (χ1n) is 9.70. The maximum atomic E-state index is 12.3. The molecule has 1 aromatic carbocycles. The number of carbonyl (C=O) groups excluding carboxylic acids is 1. The maximum absolute atomic E-state index is 12.3. The van der Waals surface area contributed by atoms with Crippen molar-refractivity contribution in [2.45, 2.75) is 51.5 Å². The van der Waals surface area contributed by atoms with Crippen molar-refractivity contribution in [3.8, 4) is 0 Å². The van der Waals surface area contributed by atoms with Gasteiger partial charge in [0, 0.05) is 18.0 Å². The Hall–Kier alpha value is -3.13. The van der Waals surface area contributed by atoms with Gasteiger partial charge in [-0.2, -0.15) is 0 Å². The molecular weight excluding hydrogens is 368 g/mol. The van der Waals surface area contributed by atoms with E-state index in [2.05, 4.69) is 20.6 Å². The number of nitrogens with zero attached hydrogens (tertiary/aromatic N) is 2. The van der Waals surface area contributed by atoms with E-state index in [1.807, 2.05) is 51.1 Å². The fourth-order valence-electron chi connectivity index (χ4n) is 3.38. The number of ether oxygens (including phenoxy) is 1. The van der Waals surface area contributed by atoms with E-state index >= 15 is 0 Å². The van der Waals surface area contributed by atoms with E-state index in [-0.39, 0.29) is 30.3 Å². The lowest BCUT2D eigenvalue weighted by molar-refractivity contribution is 0.0638. The molecule has 0 saturated carbocycles. The first-order chi connectivity index (χ1) is 13.8. The number of pyridine rings is 1. The summed E-state index contributed by atoms with van der Waals surface area (Å²) in [5.74, 6) is 0.654. The number of rotatable bonds is 5. The fraction of sp³-hybridized carbons (Fsp3) is 0.381. The Kier molecular flexibility index (Phi) is 6.33. The average Bonchev–Trinajstić information content (AvgIpc) is 2.99. The van der Waals surface area contributed by atoms with E-state index in [1.165, 1.54) is 6.20 Å². The number of hydrogen-bond acceptors (Lipinski definition) is 5. The molecular formula is C21H28N6O2. The van der Waals surface area contributed by atoms with Crippen LogP contribution >= 0.6 is 0 Å². The summed E-state index contributed by atoms with van der Waals surface area (Å²) in [6.07, 6.45) is 2.50. The van der Waals surface area contributed by atoms with Crippen molar-refractivity contribution < 1.29 is 9.53 Å². The van der Waals surface area contributed by atoms with E-state index in [4.69, 9.17) is 16.2 Å². The molecule has 3 unspecified atom stereocenters. The van der Waals surface area contributed by atoms with Crippen LogP contribution in [0.15, 0.2) is 47.6 Å². The summed E-state index contributed by atoms with van der Waals surface area (Å²) in [4.78, 5) is 21.1. The third kappa shape index (κ3) is 5.23. The third-order valence-corrected chi connectivity index (χ3v) is 4.97. The molecule has 1 aromatic heterocycles. The zero-order chi connectivity index (χ0) is 21.0. The molecule has 154 valence electrons. The van der Waals surface area contributed by atoms with Crippen molar-refractivity contribution in [1.82, 2.24) is 10.3 Å². The molecule has 2 heterocycles. The molecule has 8 nitrogen and oxygen atoms in total. The predicted molar refractivity (Wildman–Crippen MR) is 115 cm³/mol. The van der Waals surface area contributed by atoms with Crippen molar-refractivity contribution in [1.29, 1.82) is 0 Å². The molecule has 1 fully saturated rings. The Bertz CT molecular complexity index is 886. The van der Waals surface area contributed by atoms with Crippen LogP contribution in [0.5, 0.6) is 0 Å². The number of hydrogen-bond donors (Lipinski definition) is 4. The monoisotopic (exact) mass is 396 g/mol. The van der Waals surface area contributed by atoms with Crippen LogP contribution in [0.4, 0.5) is 16.3 Å². The van der Waals surface area contributed by atoms with Gasteiger partial charge < -0.3 is 21.5 Å². The molecule has 29 heavy (non-hydrogen) atoms. The molecule has 2 aromatic rings. The van der Waals surface area contributed by atoms with Gasteiger partial charge in [0.25, 0.3) is 0 Å². The number of aromatic nitrogens is 1. The van der Waals surface area contributed by atoms with Gasteiger partial charge in [0.1, 0.15) is 11.7 Å². The number of amidine groups is 1. The van der Waals surface area contributed by atoms with Crippen LogP contribution in [-0.2, 0) is 4.74 Å². The van der Waals surface area contributed by atoms with Crippen LogP contribution in [0.3, 0.4) is 0 Å². The number of benzene rings is 1. The van der Waals surface area contributed by atoms with E-state index in [9.17, 15) is 4.79 Å². The Morgan fingerprint density at radius 3 is 2.66 bits per heavy atom. The largest absolute Gasteiger partial charge is 0.398 e. The van der Waals surface area contributed by atoms with Gasteiger partial charge in [-0.15, -0.1) is 0 Å². The van der Waals surface area contributed by atoms with E-state index < -0.39 is 0 Å². The topological polar surface area (TPSA) is 128 Å². The number of nitrogens with one attached hydrogen (secondary N) is 2. The molecule has 0 radical (unpaired) electrons. The minimum absolute atomic E-state index is 0.00699. The van der Waals surface area contributed by atoms with Crippen LogP contribution in [0.2, 0.25) is 0 Å². The fourth-order valence-corrected chi connectivity index (χ4v) is 3.38. The van der Waals surface area contributed by atoms with Crippen LogP contribution < -0.4 is 22.1 Å². The summed E-state index contributed by atoms with van der Waals surface area (Å²) < 4.78 is 5.70. The first kappa shape index (κ1) is 20.6. The highest BCUT2D eigenvalue weighted by Gasteiger charge is 2.29. The third-order valence-electron chi connectivity index (χ3n) is 4.97. The normalized spacial score (nSPS) is 22.9. The minimum Gasteiger partial charge on any atom is -0.398 e. The average molecular weight is 396 g/mol. The van der Waals surface area contributed by atoms with E-state index in [1.54, 1.807) is 6.07 Å². The number of urea groups is 1. The summed E-state index contributed by atoms with van der Waals surface area (Å²) in [6, 6.07) is 10.7. The Morgan fingerprint density at radius 1 is 1.31 bits per heavy atom. The molecule has 0 aliphatic carbocycles. The maximum Gasteiger partial charge on any atom is 0.320 e. The Labute approximate surface area is 170 Å². The highest BCUT2D eigenvalue weighted by atomic mass is 16.5. The Morgan fingerprint density at radius 2 is 2.03 bits per heavy atom. The highest BCUT2D eigenvalue weighted by Crippen LogP contribution is 2.24. The SMILES string of the molecule is CC1CC(N=C(N)c2cnc(NC(=O)N[C@H](C)c3ccccc3)cc2N)C(C)O1. The second kappa shape index (κ2) is 8.91. The zero-order valence-electron chi connectivity index (χ0n) is 16.9. The lowest BCUT2D eigenvalue weighted by Crippen LogP contribution is -2.31. The number of nitrogens with two attached hydrogens (primary N) is 2. The number of anilines is 2. The molecule has 3 rings (SSSR count). The van der Waals surface area contributed by atoms with Gasteiger partial charge in [0.2, 0.25) is 0 Å². The zero-order valence-corrected chi connectivity index (χ0v) is 16.9. The van der Waals surface area contributed by atoms with Crippen molar-refractivity contribution in [2.24, 2.45) is 10.7 Å². The summed E-state index contributed by atoms with van der Waals surface area (Å²) in [5.41, 5.74) is 14.2. The van der Waals surface area contributed by atoms with E-state index in [0.717, 1.165) is 12.0 Å². The molecule has 0 spiro atoms. The standard InChI is InChI=1S/C21H28N6O2/c1-12-9-18(14(3)29-12)26-20(23)16-11-24-19(10-17(16)22)27-21(28)25-13(2)15-7-5-4-6-8-15/h4-8,10-14,18H,9H2,1-3H3,(H2,23,26)(H4,22,24,25,27,28)/t12?,13-,14?,18?/m1/s1. The van der Waals surface area contributed by atoms with Crippen LogP contribution in [0.1, 0.15) is 44.4 Å². The number of nitrogen functional groups attached to an aromatic ring is 1. The lowest BCUT2D eigenvalue weighted by atomic mass is 10.1. The molecule has 1 saturated heterocycles. The van der Waals surface area contributed by atoms with Gasteiger partial charge in [-0.1, -0.05) is 30.3 Å². The molecule has 4 atom stereocenters. The van der Waals surface area contributed by atoms with Crippen molar-refractivity contribution in [3.63, 3.8) is 0 Å². The van der Waals surface area contributed by atoms with E-state index in [0.29, 0.717) is 22.9 Å². The summed E-state index contributed by atoms with van der Waals surface area (Å²) in [7, 11) is 0. The molecule has 2 amide bonds. The van der Waals surface area contributed by atoms with Crippen molar-refractivity contribution in [3.05, 3.63) is 53.7 Å². The van der Waals surface area contributed by atoms with Gasteiger partial charge in [-0.05, 0) is 32.8 Å². The molecule has 1 aliphatic heterocycles. The highest BCUT2D eigenvalue weighted by molar-refractivity contribution is 6.02.